The third-order valence-corrected chi connectivity index (χ3v) is 2.81. The van der Waals surface area contributed by atoms with Crippen molar-refractivity contribution in [1.82, 2.24) is 10.4 Å². The Morgan fingerprint density at radius 3 is 3.00 bits per heavy atom. The Hall–Kier alpha value is -0.220. The summed E-state index contributed by atoms with van der Waals surface area (Å²) in [6.45, 7) is 3.20. The van der Waals surface area contributed by atoms with Crippen molar-refractivity contribution in [1.29, 1.82) is 0 Å². The van der Waals surface area contributed by atoms with Crippen molar-refractivity contribution in [3.8, 4) is 0 Å². The molecule has 0 radical (unpaired) electrons. The third kappa shape index (κ3) is 3.03. The number of hydrazine groups is 1. The van der Waals surface area contributed by atoms with Crippen LogP contribution in [0.4, 0.5) is 0 Å². The SMILES string of the molecule is CCCC1CN=C(NN(C)C)S1. The summed E-state index contributed by atoms with van der Waals surface area (Å²) in [6.07, 6.45) is 2.52. The van der Waals surface area contributed by atoms with Crippen LogP contribution in [0.2, 0.25) is 0 Å². The van der Waals surface area contributed by atoms with Crippen molar-refractivity contribution in [3.05, 3.63) is 0 Å². The molecule has 1 atom stereocenters. The van der Waals surface area contributed by atoms with E-state index in [4.69, 9.17) is 0 Å². The molecule has 4 heteroatoms. The standard InChI is InChI=1S/C8H17N3S/c1-4-5-7-6-9-8(12-7)10-11(2)3/h7H,4-6H2,1-3H3,(H,9,10). The average molecular weight is 187 g/mol. The van der Waals surface area contributed by atoms with Crippen LogP contribution in [0.25, 0.3) is 0 Å². The maximum Gasteiger partial charge on any atom is 0.171 e. The van der Waals surface area contributed by atoms with E-state index in [1.165, 1.54) is 12.8 Å². The Kier molecular flexibility index (Phi) is 3.88. The molecule has 3 nitrogen and oxygen atoms in total. The highest BCUT2D eigenvalue weighted by molar-refractivity contribution is 8.14. The number of nitrogens with one attached hydrogen (secondary N) is 1. The van der Waals surface area contributed by atoms with E-state index < -0.39 is 0 Å². The summed E-state index contributed by atoms with van der Waals surface area (Å²) in [6, 6.07) is 0. The highest BCUT2D eigenvalue weighted by atomic mass is 32.2. The van der Waals surface area contributed by atoms with Gasteiger partial charge >= 0.3 is 0 Å². The number of amidine groups is 1. The zero-order valence-electron chi connectivity index (χ0n) is 8.00. The Morgan fingerprint density at radius 1 is 1.67 bits per heavy atom. The highest BCUT2D eigenvalue weighted by Gasteiger charge is 2.18. The van der Waals surface area contributed by atoms with Crippen LogP contribution >= 0.6 is 11.8 Å². The summed E-state index contributed by atoms with van der Waals surface area (Å²) in [5.74, 6) is 0. The summed E-state index contributed by atoms with van der Waals surface area (Å²) in [7, 11) is 3.96. The first-order valence-corrected chi connectivity index (χ1v) is 5.25. The molecular formula is C8H17N3S. The van der Waals surface area contributed by atoms with Crippen molar-refractivity contribution >= 4 is 16.9 Å². The van der Waals surface area contributed by atoms with Crippen LogP contribution in [0.1, 0.15) is 19.8 Å². The molecule has 1 aliphatic rings. The zero-order valence-corrected chi connectivity index (χ0v) is 8.82. The predicted molar refractivity (Wildman–Crippen MR) is 55.4 cm³/mol. The lowest BCUT2D eigenvalue weighted by atomic mass is 10.2. The van der Waals surface area contributed by atoms with E-state index >= 15 is 0 Å². The number of rotatable bonds is 3. The fourth-order valence-electron chi connectivity index (χ4n) is 1.14. The predicted octanol–water partition coefficient (Wildman–Crippen LogP) is 1.32. The molecule has 70 valence electrons. The molecule has 0 aromatic rings. The van der Waals surface area contributed by atoms with Gasteiger partial charge in [0.1, 0.15) is 0 Å². The second-order valence-corrected chi connectivity index (χ2v) is 4.47. The molecule has 0 aromatic heterocycles. The monoisotopic (exact) mass is 187 g/mol. The van der Waals surface area contributed by atoms with Gasteiger partial charge in [0.25, 0.3) is 0 Å². The molecule has 12 heavy (non-hydrogen) atoms. The molecule has 1 heterocycles. The molecule has 0 saturated carbocycles. The van der Waals surface area contributed by atoms with Crippen molar-refractivity contribution in [2.45, 2.75) is 25.0 Å². The van der Waals surface area contributed by atoms with Crippen LogP contribution in [0.3, 0.4) is 0 Å². The van der Waals surface area contributed by atoms with Gasteiger partial charge in [-0.2, -0.15) is 0 Å². The van der Waals surface area contributed by atoms with Crippen molar-refractivity contribution in [2.24, 2.45) is 4.99 Å². The lowest BCUT2D eigenvalue weighted by Gasteiger charge is -2.12. The number of hydrogen-bond donors (Lipinski definition) is 1. The van der Waals surface area contributed by atoms with Gasteiger partial charge in [-0.15, -0.1) is 0 Å². The van der Waals surface area contributed by atoms with Gasteiger partial charge in [0.15, 0.2) is 5.17 Å². The van der Waals surface area contributed by atoms with Gasteiger partial charge in [-0.05, 0) is 6.42 Å². The zero-order chi connectivity index (χ0) is 8.97. The first-order valence-electron chi connectivity index (χ1n) is 4.37. The topological polar surface area (TPSA) is 27.6 Å². The van der Waals surface area contributed by atoms with Gasteiger partial charge in [-0.1, -0.05) is 25.1 Å². The summed E-state index contributed by atoms with van der Waals surface area (Å²) in [4.78, 5) is 4.40. The molecule has 1 rings (SSSR count). The van der Waals surface area contributed by atoms with Gasteiger partial charge < -0.3 is 0 Å². The first-order chi connectivity index (χ1) is 5.72. The van der Waals surface area contributed by atoms with Crippen LogP contribution in [-0.4, -0.2) is 36.1 Å². The van der Waals surface area contributed by atoms with E-state index in [9.17, 15) is 0 Å². The number of hydrogen-bond acceptors (Lipinski definition) is 4. The van der Waals surface area contributed by atoms with Crippen LogP contribution in [0.15, 0.2) is 4.99 Å². The van der Waals surface area contributed by atoms with E-state index in [0.29, 0.717) is 5.25 Å². The fraction of sp³-hybridized carbons (Fsp3) is 0.875. The van der Waals surface area contributed by atoms with Crippen molar-refractivity contribution in [3.63, 3.8) is 0 Å². The Labute approximate surface area is 78.6 Å². The summed E-state index contributed by atoms with van der Waals surface area (Å²) in [5, 5.41) is 3.70. The molecule has 1 unspecified atom stereocenters. The minimum absolute atomic E-state index is 0.706. The minimum atomic E-state index is 0.706. The van der Waals surface area contributed by atoms with Gasteiger partial charge in [0.05, 0.1) is 6.54 Å². The van der Waals surface area contributed by atoms with Gasteiger partial charge in [-0.25, -0.2) is 5.01 Å². The lowest BCUT2D eigenvalue weighted by Crippen LogP contribution is -2.33. The molecule has 0 aliphatic carbocycles. The molecule has 0 bridgehead atoms. The maximum atomic E-state index is 4.40. The van der Waals surface area contributed by atoms with Crippen LogP contribution in [0.5, 0.6) is 0 Å². The van der Waals surface area contributed by atoms with E-state index in [1.807, 2.05) is 30.9 Å². The maximum absolute atomic E-state index is 4.40. The van der Waals surface area contributed by atoms with Crippen molar-refractivity contribution < 1.29 is 0 Å². The quantitative estimate of drug-likeness (QED) is 0.675. The third-order valence-electron chi connectivity index (χ3n) is 1.65. The summed E-state index contributed by atoms with van der Waals surface area (Å²) >= 11 is 1.86. The molecular weight excluding hydrogens is 170 g/mol. The van der Waals surface area contributed by atoms with E-state index in [2.05, 4.69) is 17.3 Å². The first kappa shape index (κ1) is 9.86. The molecule has 0 aromatic carbocycles. The summed E-state index contributed by atoms with van der Waals surface area (Å²) in [5.41, 5.74) is 3.18. The Balaban J connectivity index is 2.23. The Morgan fingerprint density at radius 2 is 2.42 bits per heavy atom. The number of thioether (sulfide) groups is 1. The molecule has 0 fully saturated rings. The Bertz CT molecular complexity index is 168. The van der Waals surface area contributed by atoms with E-state index in [-0.39, 0.29) is 0 Å². The average Bonchev–Trinajstić information content (AvgIpc) is 2.36. The van der Waals surface area contributed by atoms with Crippen molar-refractivity contribution in [2.75, 3.05) is 20.6 Å². The molecule has 0 spiro atoms. The van der Waals surface area contributed by atoms with Gasteiger partial charge in [0.2, 0.25) is 0 Å². The molecule has 0 amide bonds. The minimum Gasteiger partial charge on any atom is -0.298 e. The lowest BCUT2D eigenvalue weighted by molar-refractivity contribution is 0.366. The molecule has 0 saturated heterocycles. The second kappa shape index (κ2) is 4.72. The van der Waals surface area contributed by atoms with Crippen LogP contribution in [0, 0.1) is 0 Å². The largest absolute Gasteiger partial charge is 0.298 e. The smallest absolute Gasteiger partial charge is 0.171 e. The summed E-state index contributed by atoms with van der Waals surface area (Å²) < 4.78 is 0. The highest BCUT2D eigenvalue weighted by Crippen LogP contribution is 2.23. The number of aliphatic imine (C=N–C) groups is 1. The van der Waals surface area contributed by atoms with Crippen LogP contribution in [-0.2, 0) is 0 Å². The van der Waals surface area contributed by atoms with E-state index in [1.54, 1.807) is 0 Å². The number of nitrogens with zero attached hydrogens (tertiary/aromatic N) is 2. The van der Waals surface area contributed by atoms with Gasteiger partial charge in [0, 0.05) is 19.3 Å². The second-order valence-electron chi connectivity index (χ2n) is 3.18. The molecule has 1 aliphatic heterocycles. The fourth-order valence-corrected chi connectivity index (χ4v) is 2.35. The molecule has 1 N–H and O–H groups in total. The van der Waals surface area contributed by atoms with Gasteiger partial charge in [-0.3, -0.25) is 10.4 Å². The normalized spacial score (nSPS) is 23.0. The van der Waals surface area contributed by atoms with E-state index in [0.717, 1.165) is 11.7 Å². The van der Waals surface area contributed by atoms with Crippen LogP contribution < -0.4 is 5.43 Å².